The second-order valence-corrected chi connectivity index (χ2v) is 5.52. The van der Waals surface area contributed by atoms with Gasteiger partial charge < -0.3 is 15.3 Å². The standard InChI is InChI=1S/C17H20N4O4/c1-13(22)20(11-14-5-3-2-4-6-14)9-8-16(23)18-15-7-10-21(19-15)12-17(24)25/h2-7,10H,8-9,11-12H2,1H3,(H,24,25)(H,18,19,23). The van der Waals surface area contributed by atoms with Gasteiger partial charge in [-0.15, -0.1) is 0 Å². The largest absolute Gasteiger partial charge is 0.480 e. The van der Waals surface area contributed by atoms with Gasteiger partial charge in [0.15, 0.2) is 5.82 Å². The number of nitrogens with zero attached hydrogens (tertiary/aromatic N) is 3. The van der Waals surface area contributed by atoms with Crippen molar-refractivity contribution in [2.75, 3.05) is 11.9 Å². The van der Waals surface area contributed by atoms with E-state index in [0.29, 0.717) is 6.54 Å². The van der Waals surface area contributed by atoms with Crippen LogP contribution in [0, 0.1) is 0 Å². The van der Waals surface area contributed by atoms with Gasteiger partial charge in [0.05, 0.1) is 0 Å². The van der Waals surface area contributed by atoms with Gasteiger partial charge in [-0.25, -0.2) is 0 Å². The molecule has 0 saturated heterocycles. The van der Waals surface area contributed by atoms with Crippen molar-refractivity contribution in [3.8, 4) is 0 Å². The number of aliphatic carboxylic acids is 1. The monoisotopic (exact) mass is 344 g/mol. The summed E-state index contributed by atoms with van der Waals surface area (Å²) in [6, 6.07) is 11.1. The van der Waals surface area contributed by atoms with Gasteiger partial charge in [-0.2, -0.15) is 5.10 Å². The van der Waals surface area contributed by atoms with Crippen LogP contribution in [0.2, 0.25) is 0 Å². The Bertz CT molecular complexity index is 742. The molecule has 8 nitrogen and oxygen atoms in total. The van der Waals surface area contributed by atoms with Gasteiger partial charge in [-0.1, -0.05) is 30.3 Å². The van der Waals surface area contributed by atoms with E-state index in [4.69, 9.17) is 5.11 Å². The molecular formula is C17H20N4O4. The number of nitrogens with one attached hydrogen (secondary N) is 1. The van der Waals surface area contributed by atoms with Crippen LogP contribution in [0.25, 0.3) is 0 Å². The van der Waals surface area contributed by atoms with Crippen molar-refractivity contribution in [3.63, 3.8) is 0 Å². The summed E-state index contributed by atoms with van der Waals surface area (Å²) in [5.74, 6) is -1.13. The molecule has 1 aromatic heterocycles. The molecule has 0 atom stereocenters. The maximum absolute atomic E-state index is 12.0. The Balaban J connectivity index is 1.85. The Morgan fingerprint density at radius 3 is 2.56 bits per heavy atom. The quantitative estimate of drug-likeness (QED) is 0.752. The first-order valence-corrected chi connectivity index (χ1v) is 7.78. The maximum atomic E-state index is 12.0. The fourth-order valence-corrected chi connectivity index (χ4v) is 2.25. The minimum Gasteiger partial charge on any atom is -0.480 e. The second kappa shape index (κ2) is 8.62. The fourth-order valence-electron chi connectivity index (χ4n) is 2.25. The number of rotatable bonds is 8. The van der Waals surface area contributed by atoms with E-state index in [1.54, 1.807) is 4.90 Å². The molecule has 25 heavy (non-hydrogen) atoms. The van der Waals surface area contributed by atoms with E-state index in [9.17, 15) is 14.4 Å². The molecule has 0 saturated carbocycles. The summed E-state index contributed by atoms with van der Waals surface area (Å²) in [6.45, 7) is 1.92. The summed E-state index contributed by atoms with van der Waals surface area (Å²) in [5, 5.41) is 15.2. The minimum absolute atomic E-state index is 0.109. The lowest BCUT2D eigenvalue weighted by molar-refractivity contribution is -0.138. The number of benzene rings is 1. The van der Waals surface area contributed by atoms with Gasteiger partial charge in [0.2, 0.25) is 11.8 Å². The number of amides is 2. The predicted molar refractivity (Wildman–Crippen MR) is 90.6 cm³/mol. The first-order valence-electron chi connectivity index (χ1n) is 7.78. The third-order valence-corrected chi connectivity index (χ3v) is 3.48. The molecule has 0 aliphatic rings. The molecule has 0 bridgehead atoms. The molecule has 1 heterocycles. The molecule has 2 aromatic rings. The third kappa shape index (κ3) is 6.09. The van der Waals surface area contributed by atoms with Crippen molar-refractivity contribution in [1.82, 2.24) is 14.7 Å². The molecule has 2 N–H and O–H groups in total. The molecule has 1 aromatic carbocycles. The molecule has 0 aliphatic heterocycles. The SMILES string of the molecule is CC(=O)N(CCC(=O)Nc1ccn(CC(=O)O)n1)Cc1ccccc1. The van der Waals surface area contributed by atoms with Gasteiger partial charge in [-0.3, -0.25) is 19.1 Å². The lowest BCUT2D eigenvalue weighted by atomic mass is 10.2. The number of hydrogen-bond donors (Lipinski definition) is 2. The highest BCUT2D eigenvalue weighted by Gasteiger charge is 2.13. The average Bonchev–Trinajstić information content (AvgIpc) is 2.98. The molecule has 8 heteroatoms. The molecule has 132 valence electrons. The summed E-state index contributed by atoms with van der Waals surface area (Å²) >= 11 is 0. The zero-order chi connectivity index (χ0) is 18.2. The van der Waals surface area contributed by atoms with E-state index in [2.05, 4.69) is 10.4 Å². The zero-order valence-electron chi connectivity index (χ0n) is 13.9. The first kappa shape index (κ1) is 18.2. The van der Waals surface area contributed by atoms with E-state index in [-0.39, 0.29) is 37.1 Å². The van der Waals surface area contributed by atoms with E-state index in [1.807, 2.05) is 30.3 Å². The van der Waals surface area contributed by atoms with Crippen molar-refractivity contribution >= 4 is 23.6 Å². The van der Waals surface area contributed by atoms with Crippen molar-refractivity contribution in [1.29, 1.82) is 0 Å². The van der Waals surface area contributed by atoms with Crippen LogP contribution < -0.4 is 5.32 Å². The van der Waals surface area contributed by atoms with Crippen LogP contribution in [0.4, 0.5) is 5.82 Å². The number of aromatic nitrogens is 2. The van der Waals surface area contributed by atoms with Crippen molar-refractivity contribution in [2.24, 2.45) is 0 Å². The summed E-state index contributed by atoms with van der Waals surface area (Å²) < 4.78 is 1.22. The fraction of sp³-hybridized carbons (Fsp3) is 0.294. The number of carbonyl (C=O) groups is 3. The van der Waals surface area contributed by atoms with Crippen LogP contribution in [0.1, 0.15) is 18.9 Å². The average molecular weight is 344 g/mol. The molecule has 0 aliphatic carbocycles. The number of carbonyl (C=O) groups excluding carboxylic acids is 2. The Morgan fingerprint density at radius 2 is 1.92 bits per heavy atom. The Hall–Kier alpha value is -3.16. The minimum atomic E-state index is -1.01. The van der Waals surface area contributed by atoms with Crippen LogP contribution >= 0.6 is 0 Å². The van der Waals surface area contributed by atoms with Crippen LogP contribution in [0.15, 0.2) is 42.6 Å². The van der Waals surface area contributed by atoms with E-state index < -0.39 is 5.97 Å². The summed E-state index contributed by atoms with van der Waals surface area (Å²) in [7, 11) is 0. The number of carboxylic acid groups (broad SMARTS) is 1. The second-order valence-electron chi connectivity index (χ2n) is 5.52. The molecule has 2 amide bonds. The molecule has 0 unspecified atom stereocenters. The summed E-state index contributed by atoms with van der Waals surface area (Å²) in [4.78, 5) is 36.0. The van der Waals surface area contributed by atoms with Gasteiger partial charge in [0.1, 0.15) is 6.54 Å². The first-order chi connectivity index (χ1) is 11.9. The van der Waals surface area contributed by atoms with Gasteiger partial charge in [-0.05, 0) is 5.56 Å². The van der Waals surface area contributed by atoms with E-state index >= 15 is 0 Å². The zero-order valence-corrected chi connectivity index (χ0v) is 13.9. The molecular weight excluding hydrogens is 324 g/mol. The van der Waals surface area contributed by atoms with Crippen LogP contribution in [0.3, 0.4) is 0 Å². The van der Waals surface area contributed by atoms with Crippen LogP contribution in [-0.2, 0) is 27.5 Å². The van der Waals surface area contributed by atoms with Crippen molar-refractivity contribution in [3.05, 3.63) is 48.2 Å². The highest BCUT2D eigenvalue weighted by Crippen LogP contribution is 2.07. The normalized spacial score (nSPS) is 10.3. The van der Waals surface area contributed by atoms with E-state index in [0.717, 1.165) is 5.56 Å². The summed E-state index contributed by atoms with van der Waals surface area (Å²) in [5.41, 5.74) is 0.991. The van der Waals surface area contributed by atoms with Gasteiger partial charge in [0.25, 0.3) is 0 Å². The molecule has 0 spiro atoms. The van der Waals surface area contributed by atoms with Crippen LogP contribution in [-0.4, -0.2) is 44.1 Å². The van der Waals surface area contributed by atoms with Gasteiger partial charge >= 0.3 is 5.97 Å². The smallest absolute Gasteiger partial charge is 0.325 e. The Labute approximate surface area is 145 Å². The van der Waals surface area contributed by atoms with Crippen molar-refractivity contribution < 1.29 is 19.5 Å². The Kier molecular flexibility index (Phi) is 6.27. The van der Waals surface area contributed by atoms with Gasteiger partial charge in [0, 0.05) is 38.7 Å². The molecule has 0 radical (unpaired) electrons. The third-order valence-electron chi connectivity index (χ3n) is 3.48. The topological polar surface area (TPSA) is 105 Å². The maximum Gasteiger partial charge on any atom is 0.325 e. The predicted octanol–water partition coefficient (Wildman–Crippen LogP) is 1.34. The van der Waals surface area contributed by atoms with E-state index in [1.165, 1.54) is 23.9 Å². The number of anilines is 1. The Morgan fingerprint density at radius 1 is 1.20 bits per heavy atom. The van der Waals surface area contributed by atoms with Crippen molar-refractivity contribution in [2.45, 2.75) is 26.4 Å². The number of carboxylic acids is 1. The molecule has 0 fully saturated rings. The lowest BCUT2D eigenvalue weighted by Gasteiger charge is -2.20. The number of hydrogen-bond acceptors (Lipinski definition) is 4. The highest BCUT2D eigenvalue weighted by atomic mass is 16.4. The lowest BCUT2D eigenvalue weighted by Crippen LogP contribution is -2.31. The highest BCUT2D eigenvalue weighted by molar-refractivity contribution is 5.90. The van der Waals surface area contributed by atoms with Crippen LogP contribution in [0.5, 0.6) is 0 Å². The molecule has 2 rings (SSSR count). The summed E-state index contributed by atoms with van der Waals surface area (Å²) in [6.07, 6.45) is 1.60.